The third kappa shape index (κ3) is 3.19. The molecule has 0 spiro atoms. The zero-order valence-corrected chi connectivity index (χ0v) is 13.7. The molecule has 1 aliphatic rings. The molecule has 1 fully saturated rings. The number of ether oxygens (including phenoxy) is 1. The maximum atomic E-state index is 12.4. The van der Waals surface area contributed by atoms with Gasteiger partial charge in [0.15, 0.2) is 0 Å². The number of hydrogen-bond donors (Lipinski definition) is 2. The average molecular weight is 328 g/mol. The number of nitrogens with zero attached hydrogens (tertiary/aromatic N) is 1. The van der Waals surface area contributed by atoms with E-state index in [1.165, 1.54) is 4.90 Å². The fourth-order valence-electron chi connectivity index (χ4n) is 3.07. The molecule has 24 heavy (non-hydrogen) atoms. The second-order valence-electron chi connectivity index (χ2n) is 6.10. The van der Waals surface area contributed by atoms with Crippen molar-refractivity contribution in [2.24, 2.45) is 0 Å². The molecule has 3 rings (SSSR count). The van der Waals surface area contributed by atoms with E-state index < -0.39 is 11.8 Å². The highest BCUT2D eigenvalue weighted by molar-refractivity contribution is 6.40. The van der Waals surface area contributed by atoms with Crippen LogP contribution in [-0.2, 0) is 14.3 Å². The van der Waals surface area contributed by atoms with Gasteiger partial charge in [-0.2, -0.15) is 0 Å². The van der Waals surface area contributed by atoms with Crippen LogP contribution in [0, 0.1) is 0 Å². The summed E-state index contributed by atoms with van der Waals surface area (Å²) in [5, 5.41) is 13.9. The molecule has 6 nitrogen and oxygen atoms in total. The van der Waals surface area contributed by atoms with Crippen LogP contribution in [-0.4, -0.2) is 47.1 Å². The van der Waals surface area contributed by atoms with Gasteiger partial charge in [-0.1, -0.05) is 24.3 Å². The van der Waals surface area contributed by atoms with Gasteiger partial charge in [-0.25, -0.2) is 0 Å². The molecule has 0 aliphatic carbocycles. The van der Waals surface area contributed by atoms with Crippen molar-refractivity contribution in [1.29, 1.82) is 0 Å². The van der Waals surface area contributed by atoms with Gasteiger partial charge in [0, 0.05) is 29.5 Å². The largest absolute Gasteiger partial charge is 0.507 e. The molecule has 0 aromatic heterocycles. The molecule has 2 amide bonds. The number of aromatic hydroxyl groups is 1. The van der Waals surface area contributed by atoms with E-state index in [9.17, 15) is 14.7 Å². The number of nitrogens with one attached hydrogen (secondary N) is 1. The van der Waals surface area contributed by atoms with Gasteiger partial charge >= 0.3 is 11.8 Å². The number of benzene rings is 2. The first kappa shape index (κ1) is 16.3. The van der Waals surface area contributed by atoms with Crippen molar-refractivity contribution in [2.75, 3.05) is 18.4 Å². The molecule has 2 unspecified atom stereocenters. The summed E-state index contributed by atoms with van der Waals surface area (Å²) in [6.07, 6.45) is -0.194. The Bertz CT molecular complexity index is 780. The highest BCUT2D eigenvalue weighted by atomic mass is 16.5. The summed E-state index contributed by atoms with van der Waals surface area (Å²) in [6, 6.07) is 10.2. The minimum Gasteiger partial charge on any atom is -0.507 e. The van der Waals surface area contributed by atoms with Gasteiger partial charge in [-0.3, -0.25) is 9.59 Å². The van der Waals surface area contributed by atoms with E-state index in [0.717, 1.165) is 0 Å². The highest BCUT2D eigenvalue weighted by Gasteiger charge is 2.29. The van der Waals surface area contributed by atoms with Gasteiger partial charge in [0.25, 0.3) is 0 Å². The third-order valence-electron chi connectivity index (χ3n) is 4.05. The molecule has 2 aromatic carbocycles. The SMILES string of the molecule is CC1CN(C(=O)C(=O)Nc2cccc3c(O)cccc23)CC(C)O1. The number of anilines is 1. The number of rotatable bonds is 1. The topological polar surface area (TPSA) is 78.9 Å². The van der Waals surface area contributed by atoms with Gasteiger partial charge in [0.05, 0.1) is 12.2 Å². The fraction of sp³-hybridized carbons (Fsp3) is 0.333. The van der Waals surface area contributed by atoms with E-state index in [-0.39, 0.29) is 18.0 Å². The van der Waals surface area contributed by atoms with Crippen LogP contribution in [0.2, 0.25) is 0 Å². The molecule has 0 bridgehead atoms. The van der Waals surface area contributed by atoms with Gasteiger partial charge in [0.2, 0.25) is 0 Å². The highest BCUT2D eigenvalue weighted by Crippen LogP contribution is 2.29. The number of fused-ring (bicyclic) bond motifs is 1. The third-order valence-corrected chi connectivity index (χ3v) is 4.05. The first-order valence-electron chi connectivity index (χ1n) is 7.92. The van der Waals surface area contributed by atoms with E-state index >= 15 is 0 Å². The standard InChI is InChI=1S/C18H20N2O4/c1-11-9-20(10-12(2)24-11)18(23)17(22)19-15-7-3-6-14-13(15)5-4-8-16(14)21/h3-8,11-12,21H,9-10H2,1-2H3,(H,19,22). The monoisotopic (exact) mass is 328 g/mol. The van der Waals surface area contributed by atoms with Crippen molar-refractivity contribution in [1.82, 2.24) is 4.90 Å². The van der Waals surface area contributed by atoms with E-state index in [0.29, 0.717) is 29.5 Å². The Morgan fingerprint density at radius 2 is 1.71 bits per heavy atom. The van der Waals surface area contributed by atoms with Crippen LogP contribution in [0.4, 0.5) is 5.69 Å². The normalized spacial score (nSPS) is 20.8. The maximum absolute atomic E-state index is 12.4. The molecule has 0 saturated carbocycles. The minimum absolute atomic E-state index is 0.0972. The summed E-state index contributed by atoms with van der Waals surface area (Å²) in [5.74, 6) is -1.13. The molecule has 2 aromatic rings. The Balaban J connectivity index is 1.80. The van der Waals surface area contributed by atoms with Gasteiger partial charge in [-0.05, 0) is 26.0 Å². The zero-order chi connectivity index (χ0) is 17.3. The summed E-state index contributed by atoms with van der Waals surface area (Å²) >= 11 is 0. The minimum atomic E-state index is -0.688. The number of carbonyl (C=O) groups is 2. The smallest absolute Gasteiger partial charge is 0.313 e. The molecule has 6 heteroatoms. The summed E-state index contributed by atoms with van der Waals surface area (Å²) in [7, 11) is 0. The van der Waals surface area contributed by atoms with Gasteiger partial charge in [-0.15, -0.1) is 0 Å². The first-order chi connectivity index (χ1) is 11.5. The Hall–Kier alpha value is -2.60. The molecule has 126 valence electrons. The van der Waals surface area contributed by atoms with E-state index in [1.54, 1.807) is 36.4 Å². The lowest BCUT2D eigenvalue weighted by molar-refractivity contribution is -0.151. The Morgan fingerprint density at radius 1 is 1.08 bits per heavy atom. The van der Waals surface area contributed by atoms with E-state index in [2.05, 4.69) is 5.32 Å². The number of carbonyl (C=O) groups excluding carboxylic acids is 2. The molecule has 2 atom stereocenters. The van der Waals surface area contributed by atoms with Crippen LogP contribution >= 0.6 is 0 Å². The van der Waals surface area contributed by atoms with Gasteiger partial charge in [0.1, 0.15) is 5.75 Å². The van der Waals surface area contributed by atoms with Crippen molar-refractivity contribution in [3.8, 4) is 5.75 Å². The Morgan fingerprint density at radius 3 is 2.42 bits per heavy atom. The van der Waals surface area contributed by atoms with Crippen LogP contribution in [0.25, 0.3) is 10.8 Å². The predicted octanol–water partition coefficient (Wildman–Crippen LogP) is 2.12. The summed E-state index contributed by atoms with van der Waals surface area (Å²) < 4.78 is 5.58. The Labute approximate surface area is 140 Å². The summed E-state index contributed by atoms with van der Waals surface area (Å²) in [6.45, 7) is 4.54. The summed E-state index contributed by atoms with van der Waals surface area (Å²) in [4.78, 5) is 26.3. The molecule has 1 saturated heterocycles. The summed E-state index contributed by atoms with van der Waals surface area (Å²) in [5.41, 5.74) is 0.496. The van der Waals surface area contributed by atoms with Gasteiger partial charge < -0.3 is 20.1 Å². The van der Waals surface area contributed by atoms with Crippen LogP contribution in [0.15, 0.2) is 36.4 Å². The second-order valence-corrected chi connectivity index (χ2v) is 6.10. The van der Waals surface area contributed by atoms with Crippen molar-refractivity contribution in [2.45, 2.75) is 26.1 Å². The van der Waals surface area contributed by atoms with Crippen LogP contribution in [0.3, 0.4) is 0 Å². The van der Waals surface area contributed by atoms with E-state index in [4.69, 9.17) is 4.74 Å². The maximum Gasteiger partial charge on any atom is 0.313 e. The Kier molecular flexibility index (Phi) is 4.40. The van der Waals surface area contributed by atoms with Crippen molar-refractivity contribution < 1.29 is 19.4 Å². The first-order valence-corrected chi connectivity index (χ1v) is 7.92. The quantitative estimate of drug-likeness (QED) is 0.786. The van der Waals surface area contributed by atoms with Crippen molar-refractivity contribution in [3.63, 3.8) is 0 Å². The zero-order valence-electron chi connectivity index (χ0n) is 13.7. The fourth-order valence-corrected chi connectivity index (χ4v) is 3.07. The molecule has 1 heterocycles. The number of phenolic OH excluding ortho intramolecular Hbond substituents is 1. The van der Waals surface area contributed by atoms with Crippen molar-refractivity contribution in [3.05, 3.63) is 36.4 Å². The lowest BCUT2D eigenvalue weighted by Crippen LogP contribution is -2.51. The number of amides is 2. The van der Waals surface area contributed by atoms with Crippen LogP contribution in [0.5, 0.6) is 5.75 Å². The lowest BCUT2D eigenvalue weighted by Gasteiger charge is -2.34. The second kappa shape index (κ2) is 6.49. The molecule has 2 N–H and O–H groups in total. The number of morpholine rings is 1. The lowest BCUT2D eigenvalue weighted by atomic mass is 10.1. The average Bonchev–Trinajstić information content (AvgIpc) is 2.54. The molecular weight excluding hydrogens is 308 g/mol. The van der Waals surface area contributed by atoms with E-state index in [1.807, 2.05) is 13.8 Å². The molecular formula is C18H20N2O4. The molecule has 1 aliphatic heterocycles. The van der Waals surface area contributed by atoms with Crippen molar-refractivity contribution >= 4 is 28.3 Å². The predicted molar refractivity (Wildman–Crippen MR) is 90.8 cm³/mol. The van der Waals surface area contributed by atoms with Crippen LogP contribution in [0.1, 0.15) is 13.8 Å². The number of phenols is 1. The van der Waals surface area contributed by atoms with Crippen LogP contribution < -0.4 is 5.32 Å². The number of hydrogen-bond acceptors (Lipinski definition) is 4. The molecule has 0 radical (unpaired) electrons.